The topological polar surface area (TPSA) is 9.23 Å². The Labute approximate surface area is 200 Å². The molecule has 0 saturated carbocycles. The molecule has 0 aromatic heterocycles. The van der Waals surface area contributed by atoms with Crippen molar-refractivity contribution >= 4 is 5.83 Å². The second-order valence-electron chi connectivity index (χ2n) is 7.62. The lowest BCUT2D eigenvalue weighted by Gasteiger charge is -2.12. The number of alkyl halides is 3. The first-order valence-electron chi connectivity index (χ1n) is 10.3. The van der Waals surface area contributed by atoms with Gasteiger partial charge in [0.2, 0.25) is 5.83 Å². The Hall–Kier alpha value is -3.69. The minimum absolute atomic E-state index is 0.0620. The fourth-order valence-corrected chi connectivity index (χ4v) is 3.43. The molecule has 0 atom stereocenters. The Bertz CT molecular complexity index is 1290. The second kappa shape index (κ2) is 10.9. The number of benzene rings is 3. The fraction of sp³-hybridized carbons (Fsp3) is 0.154. The summed E-state index contributed by atoms with van der Waals surface area (Å²) in [5.74, 6) is -6.75. The number of rotatable bonds is 8. The van der Waals surface area contributed by atoms with Crippen molar-refractivity contribution in [1.29, 1.82) is 0 Å². The third-order valence-corrected chi connectivity index (χ3v) is 5.16. The van der Waals surface area contributed by atoms with E-state index in [1.807, 2.05) is 0 Å². The molecule has 0 N–H and O–H groups in total. The maximum absolute atomic E-state index is 14.6. The van der Waals surface area contributed by atoms with Crippen molar-refractivity contribution in [2.75, 3.05) is 6.61 Å². The zero-order chi connectivity index (χ0) is 26.6. The molecule has 0 aliphatic carbocycles. The maximum Gasteiger partial charge on any atom is 0.422 e. The van der Waals surface area contributed by atoms with Gasteiger partial charge in [-0.25, -0.2) is 17.6 Å². The molecule has 0 amide bonds. The average molecular weight is 516 g/mol. The molecule has 1 nitrogen and oxygen atoms in total. The van der Waals surface area contributed by atoms with Gasteiger partial charge in [0.1, 0.15) is 35.4 Å². The van der Waals surface area contributed by atoms with Crippen LogP contribution in [0.15, 0.2) is 67.2 Å². The van der Waals surface area contributed by atoms with Gasteiger partial charge in [-0.15, -0.1) is 0 Å². The summed E-state index contributed by atoms with van der Waals surface area (Å²) in [4.78, 5) is 0. The van der Waals surface area contributed by atoms with Crippen LogP contribution in [0.2, 0.25) is 0 Å². The Morgan fingerprint density at radius 1 is 0.806 bits per heavy atom. The summed E-state index contributed by atoms with van der Waals surface area (Å²) in [6.07, 6.45) is -4.29. The molecule has 10 heteroatoms. The van der Waals surface area contributed by atoms with Crippen LogP contribution >= 0.6 is 0 Å². The molecule has 0 fully saturated rings. The second-order valence-corrected chi connectivity index (χ2v) is 7.62. The van der Waals surface area contributed by atoms with Gasteiger partial charge in [0, 0.05) is 11.1 Å². The molecule has 3 aromatic rings. The highest BCUT2D eigenvalue weighted by atomic mass is 19.4. The van der Waals surface area contributed by atoms with Crippen molar-refractivity contribution in [3.05, 3.63) is 113 Å². The van der Waals surface area contributed by atoms with Crippen LogP contribution in [0.1, 0.15) is 22.3 Å². The SMILES string of the molecule is C=CCO/C(F)=C(\F)c1ccc(-c2ccc(CCc3cc(F)c(C(F)(F)F)c(F)c3)c(F)c2)c(F)c1. The zero-order valence-electron chi connectivity index (χ0n) is 18.3. The van der Waals surface area contributed by atoms with Crippen LogP contribution in [-0.4, -0.2) is 6.61 Å². The minimum atomic E-state index is -5.20. The number of aryl methyl sites for hydroxylation is 2. The van der Waals surface area contributed by atoms with Crippen molar-refractivity contribution in [3.8, 4) is 11.1 Å². The van der Waals surface area contributed by atoms with Crippen molar-refractivity contribution in [2.24, 2.45) is 0 Å². The van der Waals surface area contributed by atoms with Crippen molar-refractivity contribution in [2.45, 2.75) is 19.0 Å². The first kappa shape index (κ1) is 26.9. The molecule has 0 aliphatic heterocycles. The van der Waals surface area contributed by atoms with E-state index in [-0.39, 0.29) is 41.7 Å². The van der Waals surface area contributed by atoms with Gasteiger partial charge in [-0.05, 0) is 53.8 Å². The molecule has 0 heterocycles. The van der Waals surface area contributed by atoms with E-state index in [2.05, 4.69) is 11.3 Å². The predicted molar refractivity (Wildman–Crippen MR) is 116 cm³/mol. The van der Waals surface area contributed by atoms with E-state index < -0.39 is 52.4 Å². The standard InChI is InChI=1S/C26H17F9O/c1-2-9-36-25(32)24(31)17-7-8-18(20(28)13-17)16-6-5-15(19(27)12-16)4-3-14-10-21(29)23(22(30)11-14)26(33,34)35/h2,5-8,10-13H,1,3-4,9H2/b25-24-. The van der Waals surface area contributed by atoms with Gasteiger partial charge in [0.15, 0.2) is 0 Å². The molecule has 36 heavy (non-hydrogen) atoms. The molecule has 0 aliphatic rings. The number of ether oxygens (including phenoxy) is 1. The minimum Gasteiger partial charge on any atom is -0.464 e. The molecule has 3 aromatic carbocycles. The summed E-state index contributed by atoms with van der Waals surface area (Å²) in [6.45, 7) is 2.99. The van der Waals surface area contributed by atoms with Crippen LogP contribution in [0, 0.1) is 23.3 Å². The summed E-state index contributed by atoms with van der Waals surface area (Å²) in [5, 5.41) is 0. The van der Waals surface area contributed by atoms with Gasteiger partial charge in [-0.1, -0.05) is 36.9 Å². The quantitative estimate of drug-likeness (QED) is 0.166. The van der Waals surface area contributed by atoms with E-state index in [0.29, 0.717) is 18.2 Å². The molecule has 0 unspecified atom stereocenters. The van der Waals surface area contributed by atoms with E-state index >= 15 is 0 Å². The maximum atomic E-state index is 14.6. The highest BCUT2D eigenvalue weighted by Crippen LogP contribution is 2.34. The van der Waals surface area contributed by atoms with Gasteiger partial charge in [-0.3, -0.25) is 0 Å². The summed E-state index contributed by atoms with van der Waals surface area (Å²) in [5.41, 5.74) is -2.53. The third-order valence-electron chi connectivity index (χ3n) is 5.16. The normalized spacial score (nSPS) is 12.4. The Kier molecular flexibility index (Phi) is 8.17. The Morgan fingerprint density at radius 3 is 2.03 bits per heavy atom. The summed E-state index contributed by atoms with van der Waals surface area (Å²) in [6, 6.07) is 6.01. The van der Waals surface area contributed by atoms with Gasteiger partial charge in [0.25, 0.3) is 0 Å². The van der Waals surface area contributed by atoms with Crippen molar-refractivity contribution in [3.63, 3.8) is 0 Å². The van der Waals surface area contributed by atoms with Crippen LogP contribution < -0.4 is 0 Å². The van der Waals surface area contributed by atoms with Crippen LogP contribution in [0.4, 0.5) is 39.5 Å². The molecular formula is C26H17F9O. The van der Waals surface area contributed by atoms with E-state index in [4.69, 9.17) is 0 Å². The zero-order valence-corrected chi connectivity index (χ0v) is 18.3. The average Bonchev–Trinajstić information content (AvgIpc) is 2.79. The molecule has 190 valence electrons. The van der Waals surface area contributed by atoms with Gasteiger partial charge in [-0.2, -0.15) is 22.0 Å². The third kappa shape index (κ3) is 6.10. The van der Waals surface area contributed by atoms with E-state index in [1.54, 1.807) is 0 Å². The molecular weight excluding hydrogens is 499 g/mol. The number of halogens is 9. The summed E-state index contributed by atoms with van der Waals surface area (Å²) >= 11 is 0. The number of hydrogen-bond donors (Lipinski definition) is 0. The van der Waals surface area contributed by atoms with Crippen molar-refractivity contribution in [1.82, 2.24) is 0 Å². The van der Waals surface area contributed by atoms with Crippen LogP contribution in [-0.2, 0) is 23.8 Å². The lowest BCUT2D eigenvalue weighted by Crippen LogP contribution is -2.12. The van der Waals surface area contributed by atoms with Crippen LogP contribution in [0.3, 0.4) is 0 Å². The predicted octanol–water partition coefficient (Wildman–Crippen LogP) is 8.48. The largest absolute Gasteiger partial charge is 0.464 e. The van der Waals surface area contributed by atoms with E-state index in [0.717, 1.165) is 18.2 Å². The summed E-state index contributed by atoms with van der Waals surface area (Å²) < 4.78 is 127. The smallest absolute Gasteiger partial charge is 0.422 e. The fourth-order valence-electron chi connectivity index (χ4n) is 3.43. The van der Waals surface area contributed by atoms with Gasteiger partial charge < -0.3 is 4.74 Å². The first-order valence-corrected chi connectivity index (χ1v) is 10.3. The van der Waals surface area contributed by atoms with Crippen LogP contribution in [0.5, 0.6) is 0 Å². The highest BCUT2D eigenvalue weighted by molar-refractivity contribution is 5.69. The van der Waals surface area contributed by atoms with Crippen molar-refractivity contribution < 1.29 is 44.3 Å². The van der Waals surface area contributed by atoms with E-state index in [1.165, 1.54) is 18.2 Å². The van der Waals surface area contributed by atoms with Gasteiger partial charge >= 0.3 is 12.2 Å². The molecule has 0 radical (unpaired) electrons. The molecule has 0 spiro atoms. The highest BCUT2D eigenvalue weighted by Gasteiger charge is 2.37. The Balaban J connectivity index is 1.78. The van der Waals surface area contributed by atoms with E-state index in [9.17, 15) is 39.5 Å². The van der Waals surface area contributed by atoms with Gasteiger partial charge in [0.05, 0.1) is 0 Å². The first-order chi connectivity index (χ1) is 16.9. The lowest BCUT2D eigenvalue weighted by molar-refractivity contribution is -0.142. The number of hydrogen-bond acceptors (Lipinski definition) is 1. The molecule has 3 rings (SSSR count). The molecule has 0 saturated heterocycles. The van der Waals surface area contributed by atoms with Crippen LogP contribution in [0.25, 0.3) is 17.0 Å². The lowest BCUT2D eigenvalue weighted by atomic mass is 9.98. The molecule has 0 bridgehead atoms. The summed E-state index contributed by atoms with van der Waals surface area (Å²) in [7, 11) is 0. The Morgan fingerprint density at radius 2 is 1.47 bits per heavy atom. The monoisotopic (exact) mass is 516 g/mol.